The van der Waals surface area contributed by atoms with Crippen LogP contribution in [-0.4, -0.2) is 30.7 Å². The van der Waals surface area contributed by atoms with E-state index in [0.717, 1.165) is 6.54 Å². The molecule has 0 unspecified atom stereocenters. The Morgan fingerprint density at radius 1 is 1.25 bits per heavy atom. The first-order valence-corrected chi connectivity index (χ1v) is 4.45. The van der Waals surface area contributed by atoms with Crippen molar-refractivity contribution >= 4 is 0 Å². The molecule has 0 aromatic carbocycles. The van der Waals surface area contributed by atoms with Gasteiger partial charge in [-0.05, 0) is 6.08 Å². The van der Waals surface area contributed by atoms with Crippen LogP contribution in [0, 0.1) is 0 Å². The maximum atomic E-state index is 3.59. The lowest BCUT2D eigenvalue weighted by Crippen LogP contribution is -2.31. The molecule has 0 fully saturated rings. The van der Waals surface area contributed by atoms with E-state index in [9.17, 15) is 0 Å². The zero-order valence-corrected chi connectivity index (χ0v) is 9.04. The first-order valence-electron chi connectivity index (χ1n) is 4.45. The molecular weight excluding hydrogens is 148 g/mol. The fourth-order valence-corrected chi connectivity index (χ4v) is 0.522. The van der Waals surface area contributed by atoms with Crippen molar-refractivity contribution in [3.8, 4) is 0 Å². The first kappa shape index (κ1) is 13.8. The molecule has 0 radical (unpaired) electrons. The third-order valence-corrected chi connectivity index (χ3v) is 1.43. The van der Waals surface area contributed by atoms with E-state index in [0.29, 0.717) is 0 Å². The highest BCUT2D eigenvalue weighted by Gasteiger charge is 1.93. The number of hydrogen-bond acceptors (Lipinski definition) is 2. The van der Waals surface area contributed by atoms with Crippen LogP contribution in [0.4, 0.5) is 0 Å². The standard InChI is InChI=1S/C8H16N2.C2H6/c1-5-7-8-10(4)9(3)6-2;1-2/h5,7-8H,1,6H2,2-4H3;1-2H3/b8-7+;. The molecular formula is C10H22N2. The molecule has 0 aromatic rings. The number of rotatable bonds is 4. The second kappa shape index (κ2) is 10.2. The molecule has 0 atom stereocenters. The average molecular weight is 170 g/mol. The highest BCUT2D eigenvalue weighted by atomic mass is 15.6. The Balaban J connectivity index is 0. The zero-order valence-electron chi connectivity index (χ0n) is 9.04. The highest BCUT2D eigenvalue weighted by molar-refractivity contribution is 4.95. The van der Waals surface area contributed by atoms with Crippen molar-refractivity contribution in [1.29, 1.82) is 0 Å². The fourth-order valence-electron chi connectivity index (χ4n) is 0.522. The summed E-state index contributed by atoms with van der Waals surface area (Å²) in [5, 5.41) is 4.11. The smallest absolute Gasteiger partial charge is 0.0227 e. The quantitative estimate of drug-likeness (QED) is 0.472. The van der Waals surface area contributed by atoms with Crippen molar-refractivity contribution in [3.63, 3.8) is 0 Å². The van der Waals surface area contributed by atoms with Gasteiger partial charge in [-0.2, -0.15) is 0 Å². The molecule has 0 bridgehead atoms. The topological polar surface area (TPSA) is 6.48 Å². The van der Waals surface area contributed by atoms with Gasteiger partial charge in [0.05, 0.1) is 0 Å². The maximum absolute atomic E-state index is 3.59. The normalized spacial score (nSPS) is 9.50. The second-order valence-corrected chi connectivity index (χ2v) is 2.12. The van der Waals surface area contributed by atoms with Crippen LogP contribution in [0.25, 0.3) is 0 Å². The fraction of sp³-hybridized carbons (Fsp3) is 0.600. The summed E-state index contributed by atoms with van der Waals surface area (Å²) in [6.07, 6.45) is 5.64. The van der Waals surface area contributed by atoms with Gasteiger partial charge in [0, 0.05) is 26.8 Å². The van der Waals surface area contributed by atoms with Crippen LogP contribution < -0.4 is 0 Å². The molecule has 72 valence electrons. The van der Waals surface area contributed by atoms with Gasteiger partial charge in [-0.3, -0.25) is 0 Å². The van der Waals surface area contributed by atoms with Crippen molar-refractivity contribution < 1.29 is 0 Å². The molecule has 2 nitrogen and oxygen atoms in total. The first-order chi connectivity index (χ1) is 5.72. The van der Waals surface area contributed by atoms with E-state index in [4.69, 9.17) is 0 Å². The van der Waals surface area contributed by atoms with E-state index in [2.05, 4.69) is 18.5 Å². The van der Waals surface area contributed by atoms with Gasteiger partial charge in [0.1, 0.15) is 0 Å². The molecule has 0 N–H and O–H groups in total. The molecule has 0 heterocycles. The summed E-state index contributed by atoms with van der Waals surface area (Å²) >= 11 is 0. The number of nitrogens with zero attached hydrogens (tertiary/aromatic N) is 2. The van der Waals surface area contributed by atoms with Crippen LogP contribution in [0.15, 0.2) is 24.9 Å². The third kappa shape index (κ3) is 7.35. The van der Waals surface area contributed by atoms with Crippen LogP contribution in [0.1, 0.15) is 20.8 Å². The van der Waals surface area contributed by atoms with Crippen LogP contribution in [0.5, 0.6) is 0 Å². The van der Waals surface area contributed by atoms with Crippen molar-refractivity contribution in [1.82, 2.24) is 10.0 Å². The molecule has 0 saturated heterocycles. The van der Waals surface area contributed by atoms with Gasteiger partial charge in [0.2, 0.25) is 0 Å². The molecule has 0 spiro atoms. The van der Waals surface area contributed by atoms with E-state index < -0.39 is 0 Å². The van der Waals surface area contributed by atoms with Gasteiger partial charge in [0.25, 0.3) is 0 Å². The minimum atomic E-state index is 1.01. The van der Waals surface area contributed by atoms with E-state index in [1.54, 1.807) is 6.08 Å². The lowest BCUT2D eigenvalue weighted by Gasteiger charge is -2.24. The van der Waals surface area contributed by atoms with Crippen LogP contribution in [-0.2, 0) is 0 Å². The van der Waals surface area contributed by atoms with Crippen molar-refractivity contribution in [2.45, 2.75) is 20.8 Å². The lowest BCUT2D eigenvalue weighted by molar-refractivity contribution is 0.0876. The second-order valence-electron chi connectivity index (χ2n) is 2.12. The van der Waals surface area contributed by atoms with Gasteiger partial charge >= 0.3 is 0 Å². The Labute approximate surface area is 77.1 Å². The van der Waals surface area contributed by atoms with Gasteiger partial charge in [0.15, 0.2) is 0 Å². The summed E-state index contributed by atoms with van der Waals surface area (Å²) in [5.41, 5.74) is 0. The Kier molecular flexibility index (Phi) is 11.8. The van der Waals surface area contributed by atoms with E-state index in [1.807, 2.05) is 45.2 Å². The summed E-state index contributed by atoms with van der Waals surface area (Å²) in [4.78, 5) is 0. The Morgan fingerprint density at radius 3 is 2.08 bits per heavy atom. The maximum Gasteiger partial charge on any atom is 0.0227 e. The van der Waals surface area contributed by atoms with E-state index >= 15 is 0 Å². The van der Waals surface area contributed by atoms with Crippen molar-refractivity contribution in [3.05, 3.63) is 24.9 Å². The van der Waals surface area contributed by atoms with Gasteiger partial charge in [-0.1, -0.05) is 33.4 Å². The van der Waals surface area contributed by atoms with Gasteiger partial charge in [-0.25, -0.2) is 5.01 Å². The zero-order chi connectivity index (χ0) is 9.98. The molecule has 0 aliphatic carbocycles. The molecule has 0 aromatic heterocycles. The molecule has 0 rings (SSSR count). The molecule has 0 saturated carbocycles. The summed E-state index contributed by atoms with van der Waals surface area (Å²) in [6.45, 7) is 10.7. The third-order valence-electron chi connectivity index (χ3n) is 1.43. The summed E-state index contributed by atoms with van der Waals surface area (Å²) in [7, 11) is 4.04. The molecule has 2 heteroatoms. The summed E-state index contributed by atoms with van der Waals surface area (Å²) in [6, 6.07) is 0. The average Bonchev–Trinajstić information content (AvgIpc) is 2.16. The SMILES string of the molecule is C=C/C=C/N(C)N(C)CC.CC. The highest BCUT2D eigenvalue weighted by Crippen LogP contribution is 1.89. The number of allylic oxidation sites excluding steroid dienone is 2. The number of hydrazine groups is 1. The predicted octanol–water partition coefficient (Wildman–Crippen LogP) is 2.51. The lowest BCUT2D eigenvalue weighted by atomic mass is 10.6. The summed E-state index contributed by atoms with van der Waals surface area (Å²) < 4.78 is 0. The summed E-state index contributed by atoms with van der Waals surface area (Å²) in [5.74, 6) is 0. The van der Waals surface area contributed by atoms with Gasteiger partial charge in [-0.15, -0.1) is 0 Å². The van der Waals surface area contributed by atoms with Crippen LogP contribution in [0.2, 0.25) is 0 Å². The molecule has 12 heavy (non-hydrogen) atoms. The Hall–Kier alpha value is -0.760. The monoisotopic (exact) mass is 170 g/mol. The van der Waals surface area contributed by atoms with Crippen LogP contribution in [0.3, 0.4) is 0 Å². The minimum absolute atomic E-state index is 1.01. The molecule has 0 aliphatic heterocycles. The van der Waals surface area contributed by atoms with Crippen molar-refractivity contribution in [2.24, 2.45) is 0 Å². The Morgan fingerprint density at radius 2 is 1.75 bits per heavy atom. The van der Waals surface area contributed by atoms with Crippen LogP contribution >= 0.6 is 0 Å². The van der Waals surface area contributed by atoms with E-state index in [-0.39, 0.29) is 0 Å². The molecule has 0 amide bonds. The number of hydrogen-bond donors (Lipinski definition) is 0. The minimum Gasteiger partial charge on any atom is -0.316 e. The largest absolute Gasteiger partial charge is 0.316 e. The van der Waals surface area contributed by atoms with E-state index in [1.165, 1.54) is 0 Å². The van der Waals surface area contributed by atoms with Crippen molar-refractivity contribution in [2.75, 3.05) is 20.6 Å². The predicted molar refractivity (Wildman–Crippen MR) is 56.8 cm³/mol. The molecule has 0 aliphatic rings. The Bertz CT molecular complexity index is 119. The van der Waals surface area contributed by atoms with Gasteiger partial charge < -0.3 is 5.01 Å².